The first-order valence-electron chi connectivity index (χ1n) is 10.1. The highest BCUT2D eigenvalue weighted by molar-refractivity contribution is 7.99. The van der Waals surface area contributed by atoms with E-state index in [0.717, 1.165) is 10.6 Å². The first-order chi connectivity index (χ1) is 14.2. The smallest absolute Gasteiger partial charge is 0.329 e. The fraction of sp³-hybridized carbons (Fsp3) is 0.619. The Labute approximate surface area is 188 Å². The number of carbonyl (C=O) groups excluding carboxylic acids is 2. The molecule has 0 aliphatic carbocycles. The van der Waals surface area contributed by atoms with Crippen LogP contribution in [0, 0.1) is 15.5 Å². The van der Waals surface area contributed by atoms with Gasteiger partial charge in [-0.15, -0.1) is 11.8 Å². The normalized spacial score (nSPS) is 22.6. The number of nitrogens with zero attached hydrogens (tertiary/aromatic N) is 2. The van der Waals surface area contributed by atoms with Crippen molar-refractivity contribution in [2.75, 3.05) is 6.26 Å². The zero-order valence-corrected chi connectivity index (χ0v) is 21.2. The first kappa shape index (κ1) is 25.3. The molecule has 1 aliphatic heterocycles. The lowest BCUT2D eigenvalue weighted by Gasteiger charge is -2.57. The van der Waals surface area contributed by atoms with Crippen LogP contribution in [0.2, 0.25) is 18.1 Å². The van der Waals surface area contributed by atoms with Gasteiger partial charge in [0.25, 0.3) is 11.6 Å². The number of non-ortho nitro benzene ring substituents is 1. The highest BCUT2D eigenvalue weighted by Gasteiger charge is 2.66. The van der Waals surface area contributed by atoms with Crippen LogP contribution in [0.4, 0.5) is 5.69 Å². The van der Waals surface area contributed by atoms with Gasteiger partial charge in [0.05, 0.1) is 11.0 Å². The Morgan fingerprint density at radius 1 is 1.32 bits per heavy atom. The third kappa shape index (κ3) is 4.80. The second-order valence-electron chi connectivity index (χ2n) is 9.46. The molecule has 3 unspecified atom stereocenters. The number of β-lactam (4-membered cyclic amide) rings is 1. The lowest BCUT2D eigenvalue weighted by atomic mass is 9.70. The van der Waals surface area contributed by atoms with Crippen LogP contribution in [0.3, 0.4) is 0 Å². The van der Waals surface area contributed by atoms with E-state index in [4.69, 9.17) is 9.26 Å². The molecule has 31 heavy (non-hydrogen) atoms. The van der Waals surface area contributed by atoms with Crippen molar-refractivity contribution in [1.29, 1.82) is 0 Å². The standard InChI is InChI=1S/C21H32N2O6SSi/c1-14(29-31(7,8)20(3,4)5)21(13-16-9-11-17(12-10-16)23(26)27)18(25)22(19(21)30-6)28-15(2)24/h9-12,14,19H,13H2,1-8H3. The van der Waals surface area contributed by atoms with Crippen LogP contribution in [0.5, 0.6) is 0 Å². The van der Waals surface area contributed by atoms with Crippen molar-refractivity contribution in [1.82, 2.24) is 5.06 Å². The summed E-state index contributed by atoms with van der Waals surface area (Å²) in [5.74, 6) is -0.874. The molecule has 1 saturated heterocycles. The summed E-state index contributed by atoms with van der Waals surface area (Å²) in [6, 6.07) is 6.20. The number of nitro benzene ring substituents is 1. The molecule has 10 heteroatoms. The van der Waals surface area contributed by atoms with Gasteiger partial charge < -0.3 is 9.26 Å². The van der Waals surface area contributed by atoms with Crippen molar-refractivity contribution in [3.63, 3.8) is 0 Å². The van der Waals surface area contributed by atoms with Crippen molar-refractivity contribution >= 4 is 37.6 Å². The molecule has 0 spiro atoms. The highest BCUT2D eigenvalue weighted by atomic mass is 32.2. The number of amides is 1. The second-order valence-corrected chi connectivity index (χ2v) is 15.1. The Hall–Kier alpha value is -1.91. The van der Waals surface area contributed by atoms with E-state index in [1.165, 1.54) is 30.8 Å². The predicted octanol–water partition coefficient (Wildman–Crippen LogP) is 4.54. The molecule has 8 nitrogen and oxygen atoms in total. The van der Waals surface area contributed by atoms with Crippen LogP contribution in [0.25, 0.3) is 0 Å². The summed E-state index contributed by atoms with van der Waals surface area (Å²) in [6.45, 7) is 13.8. The summed E-state index contributed by atoms with van der Waals surface area (Å²) in [4.78, 5) is 40.7. The number of rotatable bonds is 8. The third-order valence-corrected chi connectivity index (χ3v) is 12.0. The molecule has 0 saturated carbocycles. The Balaban J connectivity index is 2.46. The number of nitro groups is 1. The molecule has 2 rings (SSSR count). The van der Waals surface area contributed by atoms with Crippen LogP contribution in [0.15, 0.2) is 24.3 Å². The molecule has 1 aromatic rings. The fourth-order valence-electron chi connectivity index (χ4n) is 3.57. The van der Waals surface area contributed by atoms with Crippen LogP contribution >= 0.6 is 11.8 Å². The van der Waals surface area contributed by atoms with Crippen molar-refractivity contribution in [2.45, 2.75) is 70.6 Å². The van der Waals surface area contributed by atoms with E-state index in [9.17, 15) is 19.7 Å². The summed E-state index contributed by atoms with van der Waals surface area (Å²) in [7, 11) is -2.20. The topological polar surface area (TPSA) is 99.0 Å². The molecule has 0 radical (unpaired) electrons. The van der Waals surface area contributed by atoms with Gasteiger partial charge in [-0.25, -0.2) is 0 Å². The maximum atomic E-state index is 13.4. The van der Waals surface area contributed by atoms with Gasteiger partial charge in [0.2, 0.25) is 0 Å². The maximum Gasteiger partial charge on any atom is 0.329 e. The summed E-state index contributed by atoms with van der Waals surface area (Å²) in [5.41, 5.74) is -0.182. The molecule has 0 aromatic heterocycles. The van der Waals surface area contributed by atoms with Gasteiger partial charge in [0, 0.05) is 19.1 Å². The molecule has 0 bridgehead atoms. The van der Waals surface area contributed by atoms with Crippen LogP contribution in [-0.4, -0.2) is 47.9 Å². The van der Waals surface area contributed by atoms with Crippen molar-refractivity contribution in [3.05, 3.63) is 39.9 Å². The van der Waals surface area contributed by atoms with Crippen molar-refractivity contribution in [2.24, 2.45) is 5.41 Å². The van der Waals surface area contributed by atoms with Gasteiger partial charge in [-0.3, -0.25) is 19.7 Å². The molecule has 0 N–H and O–H groups in total. The molecule has 1 aromatic carbocycles. The molecular formula is C21H32N2O6SSi. The quantitative estimate of drug-likeness (QED) is 0.239. The lowest BCUT2D eigenvalue weighted by Crippen LogP contribution is -2.73. The minimum absolute atomic E-state index is 0.00809. The first-order valence-corrected chi connectivity index (χ1v) is 14.3. The molecule has 3 atom stereocenters. The Morgan fingerprint density at radius 3 is 2.29 bits per heavy atom. The molecule has 1 amide bonds. The van der Waals surface area contributed by atoms with Gasteiger partial charge in [-0.2, -0.15) is 5.06 Å². The number of carbonyl (C=O) groups is 2. The third-order valence-electron chi connectivity index (χ3n) is 6.35. The number of benzene rings is 1. The van der Waals surface area contributed by atoms with E-state index in [1.807, 2.05) is 13.2 Å². The van der Waals surface area contributed by atoms with Gasteiger partial charge in [0.15, 0.2) is 8.32 Å². The Morgan fingerprint density at radius 2 is 1.87 bits per heavy atom. The number of hydroxylamine groups is 2. The van der Waals surface area contributed by atoms with Crippen LogP contribution in [-0.2, 0) is 25.3 Å². The molecule has 172 valence electrons. The number of thioether (sulfide) groups is 1. The van der Waals surface area contributed by atoms with E-state index < -0.39 is 36.1 Å². The minimum atomic E-state index is -2.20. The second kappa shape index (κ2) is 8.91. The van der Waals surface area contributed by atoms with E-state index in [0.29, 0.717) is 6.42 Å². The Bertz CT molecular complexity index is 854. The van der Waals surface area contributed by atoms with Crippen LogP contribution < -0.4 is 0 Å². The Kier molecular flexibility index (Phi) is 7.29. The minimum Gasteiger partial charge on any atom is -0.413 e. The van der Waals surface area contributed by atoms with E-state index in [-0.39, 0.29) is 16.6 Å². The van der Waals surface area contributed by atoms with E-state index in [2.05, 4.69) is 33.9 Å². The van der Waals surface area contributed by atoms with Gasteiger partial charge in [-0.1, -0.05) is 32.9 Å². The lowest BCUT2D eigenvalue weighted by molar-refractivity contribution is -0.384. The number of hydrogen-bond acceptors (Lipinski definition) is 7. The van der Waals surface area contributed by atoms with Crippen molar-refractivity contribution < 1.29 is 23.8 Å². The molecule has 1 aliphatic rings. The zero-order valence-electron chi connectivity index (χ0n) is 19.4. The summed E-state index contributed by atoms with van der Waals surface area (Å²) in [5, 5.41) is 11.6. The average molecular weight is 469 g/mol. The van der Waals surface area contributed by atoms with Gasteiger partial charge >= 0.3 is 5.97 Å². The monoisotopic (exact) mass is 468 g/mol. The summed E-state index contributed by atoms with van der Waals surface area (Å²) in [6.07, 6.45) is 1.74. The van der Waals surface area contributed by atoms with Crippen LogP contribution in [0.1, 0.15) is 40.2 Å². The zero-order chi connectivity index (χ0) is 23.8. The molecular weight excluding hydrogens is 436 g/mol. The van der Waals surface area contributed by atoms with Gasteiger partial charge in [0.1, 0.15) is 10.8 Å². The van der Waals surface area contributed by atoms with Gasteiger partial charge in [-0.05, 0) is 43.3 Å². The average Bonchev–Trinajstić information content (AvgIpc) is 2.65. The largest absolute Gasteiger partial charge is 0.413 e. The summed E-state index contributed by atoms with van der Waals surface area (Å²) < 4.78 is 6.63. The SMILES string of the molecule is CSC1N(OC(C)=O)C(=O)C1(Cc1ccc([N+](=O)[O-])cc1)C(C)O[Si](C)(C)C(C)(C)C. The van der Waals surface area contributed by atoms with E-state index in [1.54, 1.807) is 12.1 Å². The molecule has 1 fully saturated rings. The van der Waals surface area contributed by atoms with E-state index >= 15 is 0 Å². The summed E-state index contributed by atoms with van der Waals surface area (Å²) >= 11 is 1.42. The fourth-order valence-corrected chi connectivity index (χ4v) is 6.15. The molecule has 1 heterocycles. The highest BCUT2D eigenvalue weighted by Crippen LogP contribution is 2.52. The van der Waals surface area contributed by atoms with Crippen molar-refractivity contribution in [3.8, 4) is 0 Å². The maximum absolute atomic E-state index is 13.4. The predicted molar refractivity (Wildman–Crippen MR) is 123 cm³/mol. The number of hydrogen-bond donors (Lipinski definition) is 0.